The van der Waals surface area contributed by atoms with Crippen molar-refractivity contribution < 1.29 is 14.6 Å². The Kier molecular flexibility index (Phi) is 5.30. The lowest BCUT2D eigenvalue weighted by Crippen LogP contribution is -2.28. The molecular weight excluding hydrogens is 326 g/mol. The first-order valence-electron chi connectivity index (χ1n) is 7.63. The Balaban J connectivity index is 1.53. The van der Waals surface area contributed by atoms with E-state index in [1.54, 1.807) is 13.3 Å². The highest BCUT2D eigenvalue weighted by molar-refractivity contribution is 7.17. The van der Waals surface area contributed by atoms with Crippen molar-refractivity contribution >= 4 is 21.4 Å². The molecule has 0 spiro atoms. The van der Waals surface area contributed by atoms with E-state index < -0.39 is 6.10 Å². The summed E-state index contributed by atoms with van der Waals surface area (Å²) < 4.78 is 13.1. The summed E-state index contributed by atoms with van der Waals surface area (Å²) in [6.45, 7) is 0.785. The number of rotatable bonds is 7. The van der Waals surface area contributed by atoms with Crippen molar-refractivity contribution in [2.24, 2.45) is 0 Å². The molecule has 0 saturated heterocycles. The van der Waals surface area contributed by atoms with E-state index in [4.69, 9.17) is 9.47 Å². The van der Waals surface area contributed by atoms with Gasteiger partial charge in [0.2, 0.25) is 0 Å². The van der Waals surface area contributed by atoms with Crippen molar-refractivity contribution in [3.63, 3.8) is 0 Å². The second kappa shape index (κ2) is 7.61. The van der Waals surface area contributed by atoms with Gasteiger partial charge in [-0.2, -0.15) is 0 Å². The predicted molar refractivity (Wildman–Crippen MR) is 94.7 cm³/mol. The van der Waals surface area contributed by atoms with Crippen LogP contribution in [0.15, 0.2) is 52.8 Å². The van der Waals surface area contributed by atoms with Crippen LogP contribution >= 0.6 is 11.3 Å². The van der Waals surface area contributed by atoms with Gasteiger partial charge in [-0.15, -0.1) is 11.3 Å². The molecule has 0 radical (unpaired) electrons. The molecule has 6 heteroatoms. The van der Waals surface area contributed by atoms with E-state index in [0.29, 0.717) is 12.0 Å². The lowest BCUT2D eigenvalue weighted by molar-refractivity contribution is 0.0199. The van der Waals surface area contributed by atoms with E-state index in [2.05, 4.69) is 0 Å². The van der Waals surface area contributed by atoms with Crippen molar-refractivity contribution in [2.75, 3.05) is 13.7 Å². The maximum Gasteiger partial charge on any atom is 0.259 e. The van der Waals surface area contributed by atoms with Crippen LogP contribution in [-0.2, 0) is 17.9 Å². The third kappa shape index (κ3) is 3.84. The lowest BCUT2D eigenvalue weighted by atomic mass is 10.2. The summed E-state index contributed by atoms with van der Waals surface area (Å²) in [7, 11) is 1.62. The molecule has 1 atom stereocenters. The fraction of sp³-hybridized carbons (Fsp3) is 0.278. The number of ether oxygens (including phenoxy) is 2. The van der Waals surface area contributed by atoms with Crippen molar-refractivity contribution in [1.82, 2.24) is 4.57 Å². The number of aliphatic hydroxyl groups is 1. The van der Waals surface area contributed by atoms with E-state index in [9.17, 15) is 9.90 Å². The average Bonchev–Trinajstić information content (AvgIpc) is 3.07. The maximum atomic E-state index is 12.3. The van der Waals surface area contributed by atoms with E-state index in [-0.39, 0.29) is 18.7 Å². The first kappa shape index (κ1) is 16.7. The van der Waals surface area contributed by atoms with Gasteiger partial charge < -0.3 is 19.1 Å². The van der Waals surface area contributed by atoms with Crippen LogP contribution in [0.5, 0.6) is 5.75 Å². The molecular formula is C18H19NO4S. The first-order chi connectivity index (χ1) is 11.7. The van der Waals surface area contributed by atoms with Gasteiger partial charge in [0, 0.05) is 10.9 Å². The molecule has 0 fully saturated rings. The van der Waals surface area contributed by atoms with Crippen LogP contribution in [0.3, 0.4) is 0 Å². The Morgan fingerprint density at radius 3 is 2.75 bits per heavy atom. The van der Waals surface area contributed by atoms with Crippen LogP contribution in [-0.4, -0.2) is 29.5 Å². The minimum Gasteiger partial charge on any atom is -0.497 e. The van der Waals surface area contributed by atoms with E-state index in [1.807, 2.05) is 41.8 Å². The summed E-state index contributed by atoms with van der Waals surface area (Å²) in [5.74, 6) is 0.794. The Labute approximate surface area is 143 Å². The average molecular weight is 345 g/mol. The smallest absolute Gasteiger partial charge is 0.259 e. The number of hydrogen-bond acceptors (Lipinski definition) is 5. The van der Waals surface area contributed by atoms with Gasteiger partial charge in [0.25, 0.3) is 5.56 Å². The topological polar surface area (TPSA) is 60.7 Å². The van der Waals surface area contributed by atoms with Crippen molar-refractivity contribution in [3.05, 3.63) is 63.9 Å². The molecule has 0 aliphatic carbocycles. The number of benzene rings is 1. The number of thiophene rings is 1. The van der Waals surface area contributed by atoms with Gasteiger partial charge >= 0.3 is 0 Å². The number of pyridine rings is 1. The van der Waals surface area contributed by atoms with Gasteiger partial charge in [-0.05, 0) is 35.2 Å². The molecule has 3 aromatic rings. The second-order valence-electron chi connectivity index (χ2n) is 5.49. The number of methoxy groups -OCH3 is 1. The molecule has 0 bridgehead atoms. The number of nitrogens with zero attached hydrogens (tertiary/aromatic N) is 1. The fourth-order valence-corrected chi connectivity index (χ4v) is 3.24. The highest BCUT2D eigenvalue weighted by atomic mass is 32.1. The van der Waals surface area contributed by atoms with Gasteiger partial charge in [-0.25, -0.2) is 0 Å². The number of fused-ring (bicyclic) bond motifs is 1. The van der Waals surface area contributed by atoms with Gasteiger partial charge in [0.05, 0.1) is 38.4 Å². The van der Waals surface area contributed by atoms with Crippen molar-refractivity contribution in [1.29, 1.82) is 0 Å². The molecule has 1 aromatic carbocycles. The molecule has 126 valence electrons. The van der Waals surface area contributed by atoms with Crippen molar-refractivity contribution in [3.8, 4) is 5.75 Å². The molecule has 0 aliphatic rings. The van der Waals surface area contributed by atoms with Gasteiger partial charge in [0.15, 0.2) is 0 Å². The quantitative estimate of drug-likeness (QED) is 0.715. The summed E-state index contributed by atoms with van der Waals surface area (Å²) in [6.07, 6.45) is 0.977. The van der Waals surface area contributed by atoms with E-state index >= 15 is 0 Å². The largest absolute Gasteiger partial charge is 0.497 e. The normalized spacial score (nSPS) is 12.4. The van der Waals surface area contributed by atoms with E-state index in [0.717, 1.165) is 16.0 Å². The number of aromatic nitrogens is 1. The third-order valence-corrected chi connectivity index (χ3v) is 4.62. The molecule has 24 heavy (non-hydrogen) atoms. The van der Waals surface area contributed by atoms with Crippen LogP contribution in [0.4, 0.5) is 0 Å². The Hall–Kier alpha value is -2.15. The summed E-state index contributed by atoms with van der Waals surface area (Å²) >= 11 is 1.53. The summed E-state index contributed by atoms with van der Waals surface area (Å²) in [5.41, 5.74) is 0.919. The maximum absolute atomic E-state index is 12.3. The minimum absolute atomic E-state index is 0.0806. The first-order valence-corrected chi connectivity index (χ1v) is 8.50. The number of hydrogen-bond donors (Lipinski definition) is 1. The highest BCUT2D eigenvalue weighted by Crippen LogP contribution is 2.16. The zero-order valence-corrected chi connectivity index (χ0v) is 14.2. The van der Waals surface area contributed by atoms with Crippen molar-refractivity contribution in [2.45, 2.75) is 19.3 Å². The minimum atomic E-state index is -0.739. The van der Waals surface area contributed by atoms with Crippen LogP contribution in [0.2, 0.25) is 0 Å². The van der Waals surface area contributed by atoms with Gasteiger partial charge in [-0.1, -0.05) is 12.1 Å². The Bertz CT molecular complexity index is 853. The molecule has 0 aliphatic heterocycles. The van der Waals surface area contributed by atoms with Gasteiger partial charge in [0.1, 0.15) is 5.75 Å². The monoisotopic (exact) mass is 345 g/mol. The third-order valence-electron chi connectivity index (χ3n) is 3.74. The van der Waals surface area contributed by atoms with Gasteiger partial charge in [-0.3, -0.25) is 4.79 Å². The SMILES string of the molecule is COc1ccc(COCC(O)Cn2ccc3sccc3c2=O)cc1. The van der Waals surface area contributed by atoms with Crippen LogP contribution in [0.1, 0.15) is 5.56 Å². The van der Waals surface area contributed by atoms with Crippen LogP contribution in [0, 0.1) is 0 Å². The molecule has 0 amide bonds. The fourth-order valence-electron chi connectivity index (χ4n) is 2.46. The lowest BCUT2D eigenvalue weighted by Gasteiger charge is -2.13. The molecule has 1 N–H and O–H groups in total. The number of aliphatic hydroxyl groups excluding tert-OH is 1. The molecule has 1 unspecified atom stereocenters. The Morgan fingerprint density at radius 2 is 2.00 bits per heavy atom. The summed E-state index contributed by atoms with van der Waals surface area (Å²) in [4.78, 5) is 12.3. The zero-order chi connectivity index (χ0) is 16.9. The molecule has 0 saturated carbocycles. The molecule has 5 nitrogen and oxygen atoms in total. The molecule has 2 aromatic heterocycles. The predicted octanol–water partition coefficient (Wildman–Crippen LogP) is 2.65. The van der Waals surface area contributed by atoms with Crippen LogP contribution in [0.25, 0.3) is 10.1 Å². The van der Waals surface area contributed by atoms with E-state index in [1.165, 1.54) is 15.9 Å². The summed E-state index contributed by atoms with van der Waals surface area (Å²) in [6, 6.07) is 11.3. The second-order valence-corrected chi connectivity index (χ2v) is 6.44. The molecule has 3 rings (SSSR count). The zero-order valence-electron chi connectivity index (χ0n) is 13.3. The molecule has 2 heterocycles. The Morgan fingerprint density at radius 1 is 1.21 bits per heavy atom. The highest BCUT2D eigenvalue weighted by Gasteiger charge is 2.09. The van der Waals surface area contributed by atoms with Crippen LogP contribution < -0.4 is 10.3 Å². The summed E-state index contributed by atoms with van der Waals surface area (Å²) in [5, 5.41) is 12.7. The standard InChI is InChI=1S/C18H19NO4S/c1-22-15-4-2-13(3-5-15)11-23-12-14(20)10-19-8-6-17-16(18(19)21)7-9-24-17/h2-9,14,20H,10-12H2,1H3.